The second-order valence-corrected chi connectivity index (χ2v) is 6.57. The van der Waals surface area contributed by atoms with Crippen LogP contribution in [0.3, 0.4) is 0 Å². The van der Waals surface area contributed by atoms with Crippen molar-refractivity contribution in [2.45, 2.75) is 70.5 Å². The first-order valence-electron chi connectivity index (χ1n) is 7.98. The van der Waals surface area contributed by atoms with E-state index in [1.807, 2.05) is 25.8 Å². The van der Waals surface area contributed by atoms with Gasteiger partial charge >= 0.3 is 0 Å². The first-order valence-corrected chi connectivity index (χ1v) is 7.98. The van der Waals surface area contributed by atoms with E-state index in [0.29, 0.717) is 24.5 Å². The van der Waals surface area contributed by atoms with E-state index in [1.54, 1.807) is 0 Å². The molecule has 5 nitrogen and oxygen atoms in total. The van der Waals surface area contributed by atoms with Gasteiger partial charge in [-0.1, -0.05) is 5.16 Å². The van der Waals surface area contributed by atoms with Crippen LogP contribution in [0.15, 0.2) is 4.52 Å². The number of amides is 1. The molecule has 21 heavy (non-hydrogen) atoms. The summed E-state index contributed by atoms with van der Waals surface area (Å²) < 4.78 is 5.16. The lowest BCUT2D eigenvalue weighted by Gasteiger charge is -2.35. The van der Waals surface area contributed by atoms with Crippen LogP contribution in [0.4, 0.5) is 0 Å². The van der Waals surface area contributed by atoms with Crippen LogP contribution >= 0.6 is 0 Å². The van der Waals surface area contributed by atoms with Crippen LogP contribution in [-0.4, -0.2) is 41.1 Å². The van der Waals surface area contributed by atoms with Gasteiger partial charge < -0.3 is 14.7 Å². The molecule has 1 aromatic heterocycles. The zero-order valence-electron chi connectivity index (χ0n) is 13.2. The number of nitrogens with one attached hydrogen (secondary N) is 1. The van der Waals surface area contributed by atoms with Crippen LogP contribution in [-0.2, 0) is 11.2 Å². The Morgan fingerprint density at radius 2 is 2.00 bits per heavy atom. The molecule has 1 amide bonds. The van der Waals surface area contributed by atoms with E-state index in [2.05, 4.69) is 10.5 Å². The molecule has 0 spiro atoms. The average Bonchev–Trinajstić information content (AvgIpc) is 2.98. The van der Waals surface area contributed by atoms with Gasteiger partial charge in [0.15, 0.2) is 0 Å². The van der Waals surface area contributed by atoms with Gasteiger partial charge in [-0.05, 0) is 46.0 Å². The van der Waals surface area contributed by atoms with E-state index < -0.39 is 0 Å². The topological polar surface area (TPSA) is 58.4 Å². The number of carbonyl (C=O) groups excluding carboxylic acids is 1. The molecule has 2 fully saturated rings. The minimum absolute atomic E-state index is 0.237. The van der Waals surface area contributed by atoms with Gasteiger partial charge in [0.2, 0.25) is 5.91 Å². The highest BCUT2D eigenvalue weighted by Gasteiger charge is 2.36. The molecule has 5 heteroatoms. The van der Waals surface area contributed by atoms with Crippen molar-refractivity contribution in [1.29, 1.82) is 0 Å². The lowest BCUT2D eigenvalue weighted by atomic mass is 9.98. The van der Waals surface area contributed by atoms with Crippen molar-refractivity contribution in [2.24, 2.45) is 0 Å². The number of aryl methyl sites for hydroxylation is 2. The number of piperidine rings is 1. The van der Waals surface area contributed by atoms with Crippen molar-refractivity contribution >= 4 is 5.91 Å². The van der Waals surface area contributed by atoms with Gasteiger partial charge in [0.05, 0.1) is 5.69 Å². The smallest absolute Gasteiger partial charge is 0.222 e. The normalized spacial score (nSPS) is 27.9. The molecule has 2 bridgehead atoms. The second kappa shape index (κ2) is 5.79. The lowest BCUT2D eigenvalue weighted by molar-refractivity contribution is -0.132. The van der Waals surface area contributed by atoms with Crippen LogP contribution < -0.4 is 5.32 Å². The number of nitrogens with zero attached hydrogens (tertiary/aromatic N) is 2. The maximum atomic E-state index is 12.4. The van der Waals surface area contributed by atoms with E-state index in [4.69, 9.17) is 4.52 Å². The molecule has 0 aliphatic carbocycles. The molecule has 2 atom stereocenters. The van der Waals surface area contributed by atoms with Crippen LogP contribution in [0.25, 0.3) is 0 Å². The Hall–Kier alpha value is -1.36. The van der Waals surface area contributed by atoms with E-state index in [9.17, 15) is 4.79 Å². The molecule has 1 aromatic rings. The zero-order valence-corrected chi connectivity index (χ0v) is 13.2. The Morgan fingerprint density at radius 3 is 2.57 bits per heavy atom. The van der Waals surface area contributed by atoms with Gasteiger partial charge in [-0.3, -0.25) is 4.79 Å². The van der Waals surface area contributed by atoms with Crippen LogP contribution in [0, 0.1) is 13.8 Å². The predicted molar refractivity (Wildman–Crippen MR) is 80.0 cm³/mol. The largest absolute Gasteiger partial charge is 0.361 e. The van der Waals surface area contributed by atoms with Crippen LogP contribution in [0.5, 0.6) is 0 Å². The van der Waals surface area contributed by atoms with Crippen LogP contribution in [0.2, 0.25) is 0 Å². The van der Waals surface area contributed by atoms with E-state index >= 15 is 0 Å². The first kappa shape index (κ1) is 14.6. The number of hydrogen-bond acceptors (Lipinski definition) is 4. The number of aromatic nitrogens is 1. The molecule has 0 saturated carbocycles. The maximum absolute atomic E-state index is 12.4. The fraction of sp³-hybridized carbons (Fsp3) is 0.750. The van der Waals surface area contributed by atoms with Gasteiger partial charge in [0.1, 0.15) is 5.76 Å². The minimum Gasteiger partial charge on any atom is -0.361 e. The van der Waals surface area contributed by atoms with Gasteiger partial charge in [0.25, 0.3) is 0 Å². The standard InChI is InChI=1S/C16H25N3O2/c1-10-15(11(2)21-18-10)6-7-16(20)19(3)14-8-12-4-5-13(9-14)17-12/h12-14,17H,4-9H2,1-3H3. The molecular formula is C16H25N3O2. The predicted octanol–water partition coefficient (Wildman–Crippen LogP) is 1.97. The molecule has 0 radical (unpaired) electrons. The number of fused-ring (bicyclic) bond motifs is 2. The van der Waals surface area contributed by atoms with Crippen molar-refractivity contribution in [3.63, 3.8) is 0 Å². The molecule has 2 aliphatic rings. The van der Waals surface area contributed by atoms with E-state index in [-0.39, 0.29) is 5.91 Å². The summed E-state index contributed by atoms with van der Waals surface area (Å²) in [5.74, 6) is 1.07. The maximum Gasteiger partial charge on any atom is 0.222 e. The summed E-state index contributed by atoms with van der Waals surface area (Å²) in [4.78, 5) is 14.4. The third-order valence-corrected chi connectivity index (χ3v) is 5.16. The van der Waals surface area contributed by atoms with Crippen molar-refractivity contribution in [1.82, 2.24) is 15.4 Å². The zero-order chi connectivity index (χ0) is 15.0. The summed E-state index contributed by atoms with van der Waals surface area (Å²) in [6.45, 7) is 3.85. The van der Waals surface area contributed by atoms with Crippen molar-refractivity contribution in [3.8, 4) is 0 Å². The third-order valence-electron chi connectivity index (χ3n) is 5.16. The Kier molecular flexibility index (Phi) is 4.02. The molecule has 3 heterocycles. The summed E-state index contributed by atoms with van der Waals surface area (Å²) in [5, 5.41) is 7.57. The summed E-state index contributed by atoms with van der Waals surface area (Å²) >= 11 is 0. The summed E-state index contributed by atoms with van der Waals surface area (Å²) in [7, 11) is 1.96. The Bertz CT molecular complexity index is 494. The Balaban J connectivity index is 1.55. The Labute approximate surface area is 126 Å². The summed E-state index contributed by atoms with van der Waals surface area (Å²) in [6, 6.07) is 1.64. The van der Waals surface area contributed by atoms with Crippen molar-refractivity contribution < 1.29 is 9.32 Å². The van der Waals surface area contributed by atoms with Gasteiger partial charge in [-0.2, -0.15) is 0 Å². The molecule has 2 saturated heterocycles. The van der Waals surface area contributed by atoms with Crippen molar-refractivity contribution in [3.05, 3.63) is 17.0 Å². The molecule has 1 N–H and O–H groups in total. The molecular weight excluding hydrogens is 266 g/mol. The fourth-order valence-electron chi connectivity index (χ4n) is 3.81. The van der Waals surface area contributed by atoms with E-state index in [1.165, 1.54) is 12.8 Å². The summed E-state index contributed by atoms with van der Waals surface area (Å²) in [6.07, 6.45) is 6.00. The monoisotopic (exact) mass is 291 g/mol. The van der Waals surface area contributed by atoms with Crippen LogP contribution in [0.1, 0.15) is 49.1 Å². The van der Waals surface area contributed by atoms with Crippen molar-refractivity contribution in [2.75, 3.05) is 7.05 Å². The molecule has 116 valence electrons. The highest BCUT2D eigenvalue weighted by atomic mass is 16.5. The fourth-order valence-corrected chi connectivity index (χ4v) is 3.81. The quantitative estimate of drug-likeness (QED) is 0.921. The molecule has 2 unspecified atom stereocenters. The number of rotatable bonds is 4. The second-order valence-electron chi connectivity index (χ2n) is 6.57. The SMILES string of the molecule is Cc1noc(C)c1CCC(=O)N(C)C1CC2CCC(C1)N2. The average molecular weight is 291 g/mol. The Morgan fingerprint density at radius 1 is 1.33 bits per heavy atom. The molecule has 3 rings (SSSR count). The minimum atomic E-state index is 0.237. The van der Waals surface area contributed by atoms with Gasteiger partial charge in [-0.15, -0.1) is 0 Å². The van der Waals surface area contributed by atoms with E-state index in [0.717, 1.165) is 36.3 Å². The molecule has 2 aliphatic heterocycles. The summed E-state index contributed by atoms with van der Waals surface area (Å²) in [5.41, 5.74) is 1.99. The van der Waals surface area contributed by atoms with Gasteiger partial charge in [-0.25, -0.2) is 0 Å². The lowest BCUT2D eigenvalue weighted by Crippen LogP contribution is -2.48. The number of carbonyl (C=O) groups is 1. The highest BCUT2D eigenvalue weighted by molar-refractivity contribution is 5.76. The molecule has 0 aromatic carbocycles. The first-order chi connectivity index (χ1) is 10.0. The highest BCUT2D eigenvalue weighted by Crippen LogP contribution is 2.29. The number of hydrogen-bond donors (Lipinski definition) is 1. The third kappa shape index (κ3) is 2.98. The van der Waals surface area contributed by atoms with Gasteiger partial charge in [0, 0.05) is 37.2 Å².